The predicted octanol–water partition coefficient (Wildman–Crippen LogP) is 0.499. The average molecular weight is 210 g/mol. The summed E-state index contributed by atoms with van der Waals surface area (Å²) < 4.78 is 18.8. The number of hydrogen-bond donors (Lipinski definition) is 2. The third-order valence-electron chi connectivity index (χ3n) is 1.23. The lowest BCUT2D eigenvalue weighted by molar-refractivity contribution is -0.138. The zero-order chi connectivity index (χ0) is 10.3. The molecule has 0 amide bonds. The Bertz CT molecular complexity index is 178. The van der Waals surface area contributed by atoms with Crippen LogP contribution in [-0.2, 0) is 18.4 Å². The van der Waals surface area contributed by atoms with Crippen LogP contribution < -0.4 is 5.73 Å². The molecule has 7 heteroatoms. The third kappa shape index (κ3) is 6.60. The monoisotopic (exact) mass is 210 g/mol. The summed E-state index contributed by atoms with van der Waals surface area (Å²) >= 11 is 0. The number of nitrogens with two attached hydrogens (primary N) is 1. The van der Waals surface area contributed by atoms with E-state index in [0.717, 1.165) is 0 Å². The van der Waals surface area contributed by atoms with Crippen molar-refractivity contribution in [2.24, 2.45) is 5.73 Å². The highest BCUT2D eigenvalue weighted by molar-refractivity contribution is 7.33. The second-order valence-electron chi connectivity index (χ2n) is 2.24. The average Bonchev–Trinajstić information content (AvgIpc) is 2.55. The molecule has 1 unspecified atom stereocenters. The predicted molar refractivity (Wildman–Crippen MR) is 45.4 cm³/mol. The van der Waals surface area contributed by atoms with Crippen molar-refractivity contribution in [1.82, 2.24) is 0 Å². The quantitative estimate of drug-likeness (QED) is 0.644. The molecule has 0 aromatic rings. The van der Waals surface area contributed by atoms with Crippen molar-refractivity contribution in [2.45, 2.75) is 19.4 Å². The van der Waals surface area contributed by atoms with Gasteiger partial charge in [-0.1, -0.05) is 6.92 Å². The molecule has 0 aromatic heterocycles. The molecule has 1 atom stereocenters. The van der Waals surface area contributed by atoms with Crippen LogP contribution in [0.5, 0.6) is 0 Å². The maximum Gasteiger partial charge on any atom is 0.697 e. The van der Waals surface area contributed by atoms with Crippen molar-refractivity contribution in [3.63, 3.8) is 0 Å². The van der Waals surface area contributed by atoms with Gasteiger partial charge in [-0.25, -0.2) is 0 Å². The third-order valence-corrected chi connectivity index (χ3v) is 2.02. The molecular weight excluding hydrogens is 197 g/mol. The smallest absolute Gasteiger partial charge is 0.480 e. The van der Waals surface area contributed by atoms with Crippen molar-refractivity contribution < 1.29 is 23.5 Å². The van der Waals surface area contributed by atoms with Crippen molar-refractivity contribution >= 4 is 14.2 Å². The molecular formula is C6H13NO5P+. The topological polar surface area (TPSA) is 98.9 Å². The van der Waals surface area contributed by atoms with E-state index in [1.807, 2.05) is 0 Å². The molecule has 1 heterocycles. The minimum absolute atomic E-state index is 0.481. The Labute approximate surface area is 77.0 Å². The van der Waals surface area contributed by atoms with Crippen LogP contribution in [0.15, 0.2) is 0 Å². The normalized spacial score (nSPS) is 17.5. The minimum atomic E-state index is -1.72. The van der Waals surface area contributed by atoms with E-state index < -0.39 is 20.3 Å². The van der Waals surface area contributed by atoms with Crippen molar-refractivity contribution in [1.29, 1.82) is 0 Å². The molecule has 1 aliphatic heterocycles. The largest absolute Gasteiger partial charge is 0.697 e. The van der Waals surface area contributed by atoms with Gasteiger partial charge in [0.1, 0.15) is 19.3 Å². The Hall–Kier alpha value is -0.550. The van der Waals surface area contributed by atoms with E-state index >= 15 is 0 Å². The van der Waals surface area contributed by atoms with Gasteiger partial charge in [-0.05, 0) is 6.42 Å². The first-order valence-corrected chi connectivity index (χ1v) is 4.89. The molecule has 1 fully saturated rings. The molecule has 0 spiro atoms. The van der Waals surface area contributed by atoms with Gasteiger partial charge in [0.25, 0.3) is 0 Å². The van der Waals surface area contributed by atoms with Gasteiger partial charge in [0.05, 0.1) is 0 Å². The summed E-state index contributed by atoms with van der Waals surface area (Å²) in [6.07, 6.45) is 0.495. The highest BCUT2D eigenvalue weighted by Crippen LogP contribution is 2.27. The number of carboxylic acid groups (broad SMARTS) is 1. The SMILES string of the molecule is CCC(N)C(=O)O.O=[P+]1OCCO1. The first-order valence-electron chi connectivity index (χ1n) is 3.79. The molecule has 0 bridgehead atoms. The molecule has 0 aliphatic carbocycles. The Balaban J connectivity index is 0.000000223. The van der Waals surface area contributed by atoms with Crippen LogP contribution in [0.2, 0.25) is 0 Å². The fraction of sp³-hybridized carbons (Fsp3) is 0.833. The van der Waals surface area contributed by atoms with Gasteiger partial charge in [-0.15, -0.1) is 9.05 Å². The van der Waals surface area contributed by atoms with Gasteiger partial charge in [0.15, 0.2) is 0 Å². The first kappa shape index (κ1) is 12.4. The van der Waals surface area contributed by atoms with Crippen LogP contribution in [-0.4, -0.2) is 30.3 Å². The standard InChI is InChI=1S/C4H9NO2.C2H4O3P/c1-2-3(5)4(6)7;3-6-4-1-2-5-6/h3H,2,5H2,1H3,(H,6,7);1-2H2/q;+1. The number of aliphatic carboxylic acids is 1. The molecule has 13 heavy (non-hydrogen) atoms. The number of hydrogen-bond acceptors (Lipinski definition) is 5. The molecule has 3 N–H and O–H groups in total. The van der Waals surface area contributed by atoms with Crippen LogP contribution >= 0.6 is 8.25 Å². The molecule has 1 rings (SSSR count). The molecule has 6 nitrogen and oxygen atoms in total. The maximum absolute atomic E-state index is 9.95. The van der Waals surface area contributed by atoms with E-state index in [1.165, 1.54) is 0 Å². The summed E-state index contributed by atoms with van der Waals surface area (Å²) in [6.45, 7) is 2.70. The summed E-state index contributed by atoms with van der Waals surface area (Å²) in [5.74, 6) is -0.928. The summed E-state index contributed by atoms with van der Waals surface area (Å²) in [6, 6.07) is -0.681. The maximum atomic E-state index is 9.95. The van der Waals surface area contributed by atoms with E-state index in [0.29, 0.717) is 19.6 Å². The summed E-state index contributed by atoms with van der Waals surface area (Å²) in [5.41, 5.74) is 5.02. The van der Waals surface area contributed by atoms with E-state index in [-0.39, 0.29) is 0 Å². The molecule has 0 radical (unpaired) electrons. The molecule has 76 valence electrons. The highest BCUT2D eigenvalue weighted by Gasteiger charge is 2.26. The second-order valence-corrected chi connectivity index (χ2v) is 3.21. The van der Waals surface area contributed by atoms with E-state index in [4.69, 9.17) is 10.8 Å². The van der Waals surface area contributed by atoms with Crippen molar-refractivity contribution in [2.75, 3.05) is 13.2 Å². The molecule has 0 aromatic carbocycles. The van der Waals surface area contributed by atoms with Crippen LogP contribution in [0, 0.1) is 0 Å². The Morgan fingerprint density at radius 2 is 2.08 bits per heavy atom. The lowest BCUT2D eigenvalue weighted by Gasteiger charge is -1.97. The van der Waals surface area contributed by atoms with Crippen molar-refractivity contribution in [3.05, 3.63) is 0 Å². The summed E-state index contributed by atoms with van der Waals surface area (Å²) in [7, 11) is -1.72. The van der Waals surface area contributed by atoms with E-state index in [2.05, 4.69) is 9.05 Å². The van der Waals surface area contributed by atoms with Gasteiger partial charge in [0.2, 0.25) is 0 Å². The zero-order valence-corrected chi connectivity index (χ0v) is 8.20. The minimum Gasteiger partial charge on any atom is -0.480 e. The molecule has 0 saturated carbocycles. The summed E-state index contributed by atoms with van der Waals surface area (Å²) in [5, 5.41) is 8.06. The van der Waals surface area contributed by atoms with Gasteiger partial charge in [-0.2, -0.15) is 0 Å². The highest BCUT2D eigenvalue weighted by atomic mass is 31.1. The number of rotatable bonds is 2. The molecule has 1 aliphatic rings. The Morgan fingerprint density at radius 3 is 2.15 bits per heavy atom. The van der Waals surface area contributed by atoms with Gasteiger partial charge >= 0.3 is 14.2 Å². The van der Waals surface area contributed by atoms with Crippen LogP contribution in [0.4, 0.5) is 0 Å². The lowest BCUT2D eigenvalue weighted by atomic mass is 10.2. The van der Waals surface area contributed by atoms with E-state index in [9.17, 15) is 9.36 Å². The number of carbonyl (C=O) groups is 1. The van der Waals surface area contributed by atoms with Crippen molar-refractivity contribution in [3.8, 4) is 0 Å². The van der Waals surface area contributed by atoms with Gasteiger partial charge < -0.3 is 10.8 Å². The first-order chi connectivity index (χ1) is 6.07. The fourth-order valence-electron chi connectivity index (χ4n) is 0.435. The number of carboxylic acids is 1. The van der Waals surface area contributed by atoms with Crippen LogP contribution in [0.3, 0.4) is 0 Å². The Morgan fingerprint density at radius 1 is 1.62 bits per heavy atom. The van der Waals surface area contributed by atoms with Crippen LogP contribution in [0.1, 0.15) is 13.3 Å². The van der Waals surface area contributed by atoms with Gasteiger partial charge in [-0.3, -0.25) is 4.79 Å². The Kier molecular flexibility index (Phi) is 6.62. The lowest BCUT2D eigenvalue weighted by Crippen LogP contribution is -2.28. The fourth-order valence-corrected chi connectivity index (χ4v) is 0.957. The molecule has 1 saturated heterocycles. The summed E-state index contributed by atoms with van der Waals surface area (Å²) in [4.78, 5) is 9.81. The van der Waals surface area contributed by atoms with E-state index in [1.54, 1.807) is 6.92 Å². The zero-order valence-electron chi connectivity index (χ0n) is 7.30. The second kappa shape index (κ2) is 6.91. The van der Waals surface area contributed by atoms with Gasteiger partial charge in [0, 0.05) is 4.57 Å². The van der Waals surface area contributed by atoms with Crippen LogP contribution in [0.25, 0.3) is 0 Å².